The van der Waals surface area contributed by atoms with Crippen molar-refractivity contribution in [1.82, 2.24) is 19.7 Å². The van der Waals surface area contributed by atoms with Crippen LogP contribution in [-0.2, 0) is 26.3 Å². The molecule has 3 aromatic rings. The van der Waals surface area contributed by atoms with Crippen LogP contribution in [0.3, 0.4) is 0 Å². The zero-order valence-electron chi connectivity index (χ0n) is 12.0. The lowest BCUT2D eigenvalue weighted by Gasteiger charge is -2.06. The molecule has 6 heteroatoms. The van der Waals surface area contributed by atoms with Crippen molar-refractivity contribution in [2.24, 2.45) is 7.05 Å². The van der Waals surface area contributed by atoms with Crippen molar-refractivity contribution in [2.75, 3.05) is 11.9 Å². The minimum atomic E-state index is 0.864. The van der Waals surface area contributed by atoms with Crippen LogP contribution in [0.15, 0.2) is 18.7 Å². The second-order valence-corrected chi connectivity index (χ2v) is 6.54. The second-order valence-electron chi connectivity index (χ2n) is 5.46. The van der Waals surface area contributed by atoms with Gasteiger partial charge in [0, 0.05) is 24.7 Å². The highest BCUT2D eigenvalue weighted by atomic mass is 32.1. The number of nitrogens with zero attached hydrogens (tertiary/aromatic N) is 4. The number of aryl methyl sites for hydroxylation is 3. The molecule has 3 heterocycles. The monoisotopic (exact) mass is 299 g/mol. The molecule has 21 heavy (non-hydrogen) atoms. The molecule has 0 radical (unpaired) electrons. The van der Waals surface area contributed by atoms with Gasteiger partial charge in [-0.15, -0.1) is 11.3 Å². The van der Waals surface area contributed by atoms with Crippen molar-refractivity contribution in [2.45, 2.75) is 25.7 Å². The molecule has 1 N–H and O–H groups in total. The van der Waals surface area contributed by atoms with Crippen LogP contribution in [0, 0.1) is 0 Å². The fourth-order valence-corrected chi connectivity index (χ4v) is 4.22. The summed E-state index contributed by atoms with van der Waals surface area (Å²) in [5.74, 6) is 0.989. The molecule has 0 aliphatic heterocycles. The fraction of sp³-hybridized carbons (Fsp3) is 0.400. The van der Waals surface area contributed by atoms with Crippen molar-refractivity contribution in [3.63, 3.8) is 0 Å². The number of fused-ring (bicyclic) bond motifs is 3. The predicted molar refractivity (Wildman–Crippen MR) is 84.8 cm³/mol. The summed E-state index contributed by atoms with van der Waals surface area (Å²) in [5, 5.41) is 8.93. The number of thiophene rings is 1. The van der Waals surface area contributed by atoms with Gasteiger partial charge in [-0.2, -0.15) is 5.10 Å². The standard InChI is InChI=1S/C15H17N5S/c1-20-8-10(7-19-20)5-6-16-14-13-11-3-2-4-12(11)21-15(13)18-9-17-14/h7-9H,2-6H2,1H3,(H,16,17,18). The van der Waals surface area contributed by atoms with E-state index in [9.17, 15) is 0 Å². The van der Waals surface area contributed by atoms with Gasteiger partial charge < -0.3 is 5.32 Å². The Balaban J connectivity index is 1.56. The third-order valence-corrected chi connectivity index (χ3v) is 5.17. The van der Waals surface area contributed by atoms with Crippen LogP contribution in [0.4, 0.5) is 5.82 Å². The molecule has 1 aliphatic rings. The maximum absolute atomic E-state index is 4.46. The molecule has 0 aromatic carbocycles. The molecule has 3 aromatic heterocycles. The van der Waals surface area contributed by atoms with Crippen molar-refractivity contribution < 1.29 is 0 Å². The van der Waals surface area contributed by atoms with Crippen LogP contribution in [-0.4, -0.2) is 26.3 Å². The molecular formula is C15H17N5S. The highest BCUT2D eigenvalue weighted by Crippen LogP contribution is 2.38. The van der Waals surface area contributed by atoms with E-state index >= 15 is 0 Å². The maximum atomic E-state index is 4.46. The van der Waals surface area contributed by atoms with Gasteiger partial charge in [-0.25, -0.2) is 9.97 Å². The lowest BCUT2D eigenvalue weighted by Crippen LogP contribution is -2.06. The molecule has 108 valence electrons. The third-order valence-electron chi connectivity index (χ3n) is 3.97. The summed E-state index contributed by atoms with van der Waals surface area (Å²) >= 11 is 1.83. The molecule has 0 atom stereocenters. The van der Waals surface area contributed by atoms with E-state index in [0.717, 1.165) is 23.6 Å². The number of hydrogen-bond donors (Lipinski definition) is 1. The summed E-state index contributed by atoms with van der Waals surface area (Å²) in [6.07, 6.45) is 10.2. The lowest BCUT2D eigenvalue weighted by atomic mass is 10.2. The van der Waals surface area contributed by atoms with Crippen LogP contribution < -0.4 is 5.32 Å². The Bertz CT molecular complexity index is 789. The van der Waals surface area contributed by atoms with Gasteiger partial charge in [0.2, 0.25) is 0 Å². The van der Waals surface area contributed by atoms with Gasteiger partial charge in [0.1, 0.15) is 17.0 Å². The van der Waals surface area contributed by atoms with Gasteiger partial charge in [0.15, 0.2) is 0 Å². The van der Waals surface area contributed by atoms with E-state index in [1.54, 1.807) is 6.33 Å². The quantitative estimate of drug-likeness (QED) is 0.804. The highest BCUT2D eigenvalue weighted by molar-refractivity contribution is 7.19. The van der Waals surface area contributed by atoms with Gasteiger partial charge in [0.25, 0.3) is 0 Å². The first-order chi connectivity index (χ1) is 10.3. The Kier molecular flexibility index (Phi) is 3.11. The number of rotatable bonds is 4. The third kappa shape index (κ3) is 2.29. The van der Waals surface area contributed by atoms with Crippen LogP contribution in [0.25, 0.3) is 10.2 Å². The fourth-order valence-electron chi connectivity index (χ4n) is 2.99. The summed E-state index contributed by atoms with van der Waals surface area (Å²) in [6, 6.07) is 0. The first-order valence-electron chi connectivity index (χ1n) is 7.28. The second kappa shape index (κ2) is 5.11. The van der Waals surface area contributed by atoms with E-state index in [0.29, 0.717) is 0 Å². The lowest BCUT2D eigenvalue weighted by molar-refractivity contribution is 0.767. The van der Waals surface area contributed by atoms with Gasteiger partial charge in [-0.05, 0) is 36.8 Å². The largest absolute Gasteiger partial charge is 0.369 e. The summed E-state index contributed by atoms with van der Waals surface area (Å²) in [4.78, 5) is 11.5. The summed E-state index contributed by atoms with van der Waals surface area (Å²) in [5.41, 5.74) is 2.71. The van der Waals surface area contributed by atoms with Crippen molar-refractivity contribution in [3.8, 4) is 0 Å². The van der Waals surface area contributed by atoms with E-state index in [2.05, 4.69) is 26.6 Å². The molecule has 0 spiro atoms. The van der Waals surface area contributed by atoms with Crippen molar-refractivity contribution in [3.05, 3.63) is 34.7 Å². The smallest absolute Gasteiger partial charge is 0.138 e. The molecular weight excluding hydrogens is 282 g/mol. The van der Waals surface area contributed by atoms with Crippen LogP contribution in [0.5, 0.6) is 0 Å². The van der Waals surface area contributed by atoms with E-state index in [1.807, 2.05) is 29.3 Å². The minimum absolute atomic E-state index is 0.864. The Morgan fingerprint density at radius 2 is 2.29 bits per heavy atom. The molecule has 0 bridgehead atoms. The van der Waals surface area contributed by atoms with E-state index < -0.39 is 0 Å². The SMILES string of the molecule is Cn1cc(CCNc2ncnc3sc4c(c23)CCC4)cn1. The summed E-state index contributed by atoms with van der Waals surface area (Å²) in [6.45, 7) is 0.864. The average Bonchev–Trinajstić information content (AvgIpc) is 3.14. The van der Waals surface area contributed by atoms with Crippen LogP contribution >= 0.6 is 11.3 Å². The normalized spacial score (nSPS) is 13.8. The summed E-state index contributed by atoms with van der Waals surface area (Å²) < 4.78 is 1.84. The van der Waals surface area contributed by atoms with Gasteiger partial charge in [-0.3, -0.25) is 4.68 Å². The van der Waals surface area contributed by atoms with E-state index in [1.165, 1.54) is 40.7 Å². The van der Waals surface area contributed by atoms with Crippen LogP contribution in [0.2, 0.25) is 0 Å². The average molecular weight is 299 g/mol. The first kappa shape index (κ1) is 12.8. The number of aromatic nitrogens is 4. The van der Waals surface area contributed by atoms with Gasteiger partial charge in [0.05, 0.1) is 11.6 Å². The number of hydrogen-bond acceptors (Lipinski definition) is 5. The maximum Gasteiger partial charge on any atom is 0.138 e. The summed E-state index contributed by atoms with van der Waals surface area (Å²) in [7, 11) is 1.94. The minimum Gasteiger partial charge on any atom is -0.369 e. The van der Waals surface area contributed by atoms with Crippen molar-refractivity contribution in [1.29, 1.82) is 0 Å². The van der Waals surface area contributed by atoms with E-state index in [-0.39, 0.29) is 0 Å². The van der Waals surface area contributed by atoms with Crippen LogP contribution in [0.1, 0.15) is 22.4 Å². The van der Waals surface area contributed by atoms with Gasteiger partial charge >= 0.3 is 0 Å². The molecule has 1 aliphatic carbocycles. The van der Waals surface area contributed by atoms with E-state index in [4.69, 9.17) is 0 Å². The molecule has 0 amide bonds. The Labute approximate surface area is 127 Å². The molecule has 5 nitrogen and oxygen atoms in total. The Hall–Kier alpha value is -1.95. The Morgan fingerprint density at radius 1 is 1.33 bits per heavy atom. The zero-order chi connectivity index (χ0) is 14.2. The Morgan fingerprint density at radius 3 is 3.14 bits per heavy atom. The molecule has 0 unspecified atom stereocenters. The predicted octanol–water partition coefficient (Wildman–Crippen LogP) is 2.57. The molecule has 0 saturated carbocycles. The first-order valence-corrected chi connectivity index (χ1v) is 8.09. The number of anilines is 1. The van der Waals surface area contributed by atoms with Crippen molar-refractivity contribution >= 4 is 27.4 Å². The highest BCUT2D eigenvalue weighted by Gasteiger charge is 2.20. The van der Waals surface area contributed by atoms with Gasteiger partial charge in [-0.1, -0.05) is 0 Å². The molecule has 0 fully saturated rings. The molecule has 0 saturated heterocycles. The number of nitrogens with one attached hydrogen (secondary N) is 1. The topological polar surface area (TPSA) is 55.6 Å². The zero-order valence-corrected chi connectivity index (χ0v) is 12.8. The molecule has 4 rings (SSSR count).